The van der Waals surface area contributed by atoms with E-state index >= 15 is 0 Å². The highest BCUT2D eigenvalue weighted by Gasteiger charge is 2.11. The molecule has 0 aliphatic rings. The van der Waals surface area contributed by atoms with Crippen LogP contribution in [0.5, 0.6) is 0 Å². The van der Waals surface area contributed by atoms with Crippen LogP contribution in [0.3, 0.4) is 0 Å². The third-order valence-corrected chi connectivity index (χ3v) is 2.49. The second-order valence-corrected chi connectivity index (χ2v) is 4.59. The average molecular weight is 194 g/mol. The molecule has 0 heterocycles. The maximum absolute atomic E-state index is 10.7. The van der Waals surface area contributed by atoms with Crippen LogP contribution < -0.4 is 0 Å². The molecule has 1 radical (unpaired) electrons. The van der Waals surface area contributed by atoms with Gasteiger partial charge in [-0.1, -0.05) is 6.58 Å². The highest BCUT2D eigenvalue weighted by molar-refractivity contribution is 7.03. The van der Waals surface area contributed by atoms with Crippen molar-refractivity contribution < 1.29 is 14.0 Å². The summed E-state index contributed by atoms with van der Waals surface area (Å²) in [5.74, 6) is -0.426. The third-order valence-electron chi connectivity index (χ3n) is 0.887. The van der Waals surface area contributed by atoms with Gasteiger partial charge in [0.15, 0.2) is 0 Å². The van der Waals surface area contributed by atoms with E-state index in [1.165, 1.54) is 7.11 Å². The Morgan fingerprint density at radius 2 is 2.27 bits per heavy atom. The summed E-state index contributed by atoms with van der Waals surface area (Å²) in [5, 5.41) is 0. The van der Waals surface area contributed by atoms with Crippen LogP contribution in [0.2, 0.25) is 0 Å². The van der Waals surface area contributed by atoms with Crippen molar-refractivity contribution in [1.29, 1.82) is 0 Å². The molecule has 0 saturated carbocycles. The van der Waals surface area contributed by atoms with Crippen molar-refractivity contribution >= 4 is 25.4 Å². The molecule has 0 aliphatic heterocycles. The van der Waals surface area contributed by atoms with Crippen LogP contribution >= 0.6 is 11.1 Å². The molecule has 0 N–H and O–H groups in total. The van der Waals surface area contributed by atoms with Crippen LogP contribution in [-0.2, 0) is 14.0 Å². The summed E-state index contributed by atoms with van der Waals surface area (Å²) in [4.78, 5) is 10.7. The Morgan fingerprint density at radius 1 is 1.73 bits per heavy atom. The first-order chi connectivity index (χ1) is 5.07. The lowest BCUT2D eigenvalue weighted by Gasteiger charge is -2.04. The Kier molecular flexibility index (Phi) is 5.19. The number of esters is 1. The first-order valence-electron chi connectivity index (χ1n) is 2.96. The van der Waals surface area contributed by atoms with E-state index in [1.54, 1.807) is 6.92 Å². The molecular weight excluding hydrogens is 184 g/mol. The molecule has 0 saturated heterocycles. The number of carbonyl (C=O) groups excluding carboxylic acids is 1. The molecule has 0 aliphatic carbocycles. The molecule has 0 aromatic carbocycles. The van der Waals surface area contributed by atoms with E-state index in [-0.39, 0.29) is 6.23 Å². The van der Waals surface area contributed by atoms with Gasteiger partial charge < -0.3 is 9.16 Å². The van der Waals surface area contributed by atoms with Gasteiger partial charge in [0.2, 0.25) is 0 Å². The fourth-order valence-corrected chi connectivity index (χ4v) is 0.831. The maximum atomic E-state index is 10.7. The summed E-state index contributed by atoms with van der Waals surface area (Å²) < 4.78 is 9.45. The van der Waals surface area contributed by atoms with E-state index in [0.29, 0.717) is 5.57 Å². The second-order valence-electron chi connectivity index (χ2n) is 1.92. The van der Waals surface area contributed by atoms with Gasteiger partial charge in [-0.25, -0.2) is 4.79 Å². The Balaban J connectivity index is 3.54. The average Bonchev–Trinajstić information content (AvgIpc) is 1.99. The van der Waals surface area contributed by atoms with Crippen molar-refractivity contribution in [2.24, 2.45) is 0 Å². The molecule has 0 spiro atoms. The predicted molar refractivity (Wildman–Crippen MR) is 44.4 cm³/mol. The quantitative estimate of drug-likeness (QED) is 0.290. The lowest BCUT2D eigenvalue weighted by Crippen LogP contribution is -2.20. The van der Waals surface area contributed by atoms with Gasteiger partial charge in [0.05, 0.1) is 0 Å². The zero-order chi connectivity index (χ0) is 8.85. The highest BCUT2D eigenvalue weighted by Crippen LogP contribution is 1.96. The third kappa shape index (κ3) is 5.00. The molecule has 0 atom stereocenters. The number of carbonyl (C=O) groups is 1. The zero-order valence-corrected chi connectivity index (χ0v) is 8.27. The van der Waals surface area contributed by atoms with Crippen LogP contribution in [0.4, 0.5) is 0 Å². The molecule has 63 valence electrons. The molecule has 0 bridgehead atoms. The van der Waals surface area contributed by atoms with Crippen LogP contribution in [0.25, 0.3) is 0 Å². The smallest absolute Gasteiger partial charge is 0.362 e. The van der Waals surface area contributed by atoms with Crippen molar-refractivity contribution in [3.8, 4) is 0 Å². The Hall–Kier alpha value is -0.323. The number of hydrogen-bond donors (Lipinski definition) is 0. The van der Waals surface area contributed by atoms with Gasteiger partial charge in [-0.15, -0.1) is 11.1 Å². The number of ether oxygens (including phenoxy) is 1. The van der Waals surface area contributed by atoms with Crippen molar-refractivity contribution in [3.05, 3.63) is 12.2 Å². The van der Waals surface area contributed by atoms with Gasteiger partial charge in [-0.05, 0) is 6.92 Å². The predicted octanol–water partition coefficient (Wildman–Crippen LogP) is 1.02. The van der Waals surface area contributed by atoms with E-state index in [9.17, 15) is 4.79 Å². The number of hydrogen-bond acceptors (Lipinski definition) is 3. The minimum atomic E-state index is -1.47. The molecule has 3 nitrogen and oxygen atoms in total. The Bertz CT molecular complexity index is 160. The minimum absolute atomic E-state index is 0.147. The van der Waals surface area contributed by atoms with Crippen LogP contribution in [-0.4, -0.2) is 27.7 Å². The standard InChI is InChI=1S/C6H10ClO3Si/c1-5(2)6(8)10-4-11(7)9-3/h1,4H2,2-3H3. The lowest BCUT2D eigenvalue weighted by atomic mass is 10.4. The van der Waals surface area contributed by atoms with E-state index in [2.05, 4.69) is 6.58 Å². The number of rotatable bonds is 4. The molecule has 5 heteroatoms. The monoisotopic (exact) mass is 193 g/mol. The molecule has 0 fully saturated rings. The molecule has 11 heavy (non-hydrogen) atoms. The lowest BCUT2D eigenvalue weighted by molar-refractivity contribution is -0.137. The van der Waals surface area contributed by atoms with E-state index in [1.807, 2.05) is 0 Å². The Morgan fingerprint density at radius 3 is 2.64 bits per heavy atom. The fourth-order valence-electron chi connectivity index (χ4n) is 0.304. The van der Waals surface area contributed by atoms with E-state index < -0.39 is 14.3 Å². The van der Waals surface area contributed by atoms with Crippen molar-refractivity contribution in [2.45, 2.75) is 6.92 Å². The normalized spacial score (nSPS) is 9.82. The zero-order valence-electron chi connectivity index (χ0n) is 6.52. The van der Waals surface area contributed by atoms with Crippen molar-refractivity contribution in [1.82, 2.24) is 0 Å². The first kappa shape index (κ1) is 10.7. The summed E-state index contributed by atoms with van der Waals surface area (Å²) in [6, 6.07) is 0. The van der Waals surface area contributed by atoms with Gasteiger partial charge in [0.1, 0.15) is 6.23 Å². The summed E-state index contributed by atoms with van der Waals surface area (Å²) >= 11 is 5.59. The van der Waals surface area contributed by atoms with Gasteiger partial charge in [-0.2, -0.15) is 0 Å². The van der Waals surface area contributed by atoms with Crippen LogP contribution in [0.15, 0.2) is 12.2 Å². The molecule has 0 amide bonds. The summed E-state index contributed by atoms with van der Waals surface area (Å²) in [6.07, 6.45) is 0.147. The SMILES string of the molecule is C=C(C)C(=O)OC[Si](Cl)OC. The molecule has 0 aromatic heterocycles. The van der Waals surface area contributed by atoms with Gasteiger partial charge in [-0.3, -0.25) is 0 Å². The largest absolute Gasteiger partial charge is 0.462 e. The first-order valence-corrected chi connectivity index (χ1v) is 5.58. The van der Waals surface area contributed by atoms with Gasteiger partial charge in [0.25, 0.3) is 0 Å². The molecule has 0 unspecified atom stereocenters. The molecular formula is C6H10ClO3Si. The second kappa shape index (κ2) is 5.34. The fraction of sp³-hybridized carbons (Fsp3) is 0.500. The number of halogens is 1. The maximum Gasteiger partial charge on any atom is 0.362 e. The van der Waals surface area contributed by atoms with E-state index in [0.717, 1.165) is 0 Å². The summed E-state index contributed by atoms with van der Waals surface area (Å²) in [6.45, 7) is 4.99. The van der Waals surface area contributed by atoms with Crippen molar-refractivity contribution in [3.63, 3.8) is 0 Å². The van der Waals surface area contributed by atoms with Crippen molar-refractivity contribution in [2.75, 3.05) is 13.3 Å². The molecule has 0 aromatic rings. The molecule has 0 rings (SSSR count). The summed E-state index contributed by atoms with van der Waals surface area (Å²) in [5.41, 5.74) is 0.368. The minimum Gasteiger partial charge on any atom is -0.462 e. The van der Waals surface area contributed by atoms with Gasteiger partial charge in [0, 0.05) is 12.7 Å². The highest BCUT2D eigenvalue weighted by atomic mass is 35.6. The topological polar surface area (TPSA) is 35.5 Å². The Labute approximate surface area is 72.4 Å². The summed E-state index contributed by atoms with van der Waals surface area (Å²) in [7, 11) is 0.0129. The van der Waals surface area contributed by atoms with E-state index in [4.69, 9.17) is 20.2 Å². The van der Waals surface area contributed by atoms with Crippen LogP contribution in [0.1, 0.15) is 6.92 Å². The van der Waals surface area contributed by atoms with Crippen LogP contribution in [0, 0.1) is 0 Å². The van der Waals surface area contributed by atoms with Gasteiger partial charge >= 0.3 is 14.3 Å².